The van der Waals surface area contributed by atoms with Crippen LogP contribution in [0.5, 0.6) is 0 Å². The Balaban J connectivity index is 2.37. The average molecular weight is 254 g/mol. The summed E-state index contributed by atoms with van der Waals surface area (Å²) in [6.07, 6.45) is 0. The molecule has 0 bridgehead atoms. The monoisotopic (exact) mass is 253 g/mol. The molecule has 0 spiro atoms. The largest absolute Gasteiger partial charge is 0.458 e. The fraction of sp³-hybridized carbons (Fsp3) is 0.333. The summed E-state index contributed by atoms with van der Waals surface area (Å²) in [4.78, 5) is 2.04. The van der Waals surface area contributed by atoms with Gasteiger partial charge in [-0.25, -0.2) is 5.43 Å². The van der Waals surface area contributed by atoms with Crippen LogP contribution in [-0.2, 0) is 0 Å². The van der Waals surface area contributed by atoms with Gasteiger partial charge in [-0.2, -0.15) is 0 Å². The first-order valence-electron chi connectivity index (χ1n) is 5.40. The summed E-state index contributed by atoms with van der Waals surface area (Å²) in [5, 5.41) is 1.61. The molecular weight excluding hydrogens is 238 g/mol. The number of para-hydroxylation sites is 1. The molecule has 1 unspecified atom stereocenters. The molecule has 0 aliphatic heterocycles. The van der Waals surface area contributed by atoms with Gasteiger partial charge in [0.1, 0.15) is 5.76 Å². The predicted octanol–water partition coefficient (Wildman–Crippen LogP) is 2.15. The molecule has 92 valence electrons. The Hall–Kier alpha value is -1.07. The summed E-state index contributed by atoms with van der Waals surface area (Å²) in [6.45, 7) is 0.758. The van der Waals surface area contributed by atoms with Crippen LogP contribution in [0.25, 0.3) is 11.0 Å². The number of hydrazine groups is 1. The van der Waals surface area contributed by atoms with Crippen LogP contribution < -0.4 is 11.3 Å². The molecule has 0 amide bonds. The molecule has 1 heterocycles. The van der Waals surface area contributed by atoms with Crippen molar-refractivity contribution in [1.82, 2.24) is 10.3 Å². The smallest absolute Gasteiger partial charge is 0.152 e. The number of benzene rings is 1. The fourth-order valence-corrected chi connectivity index (χ4v) is 2.03. The van der Waals surface area contributed by atoms with Gasteiger partial charge in [0, 0.05) is 11.9 Å². The molecule has 5 heteroatoms. The molecule has 0 saturated heterocycles. The lowest BCUT2D eigenvalue weighted by Gasteiger charge is -2.17. The van der Waals surface area contributed by atoms with Gasteiger partial charge >= 0.3 is 0 Å². The van der Waals surface area contributed by atoms with Crippen molar-refractivity contribution in [2.75, 3.05) is 20.6 Å². The van der Waals surface area contributed by atoms with E-state index in [0.29, 0.717) is 10.6 Å². The second-order valence-corrected chi connectivity index (χ2v) is 4.70. The van der Waals surface area contributed by atoms with Crippen molar-refractivity contribution in [2.45, 2.75) is 6.04 Å². The number of hydrogen-bond acceptors (Lipinski definition) is 4. The number of rotatable bonds is 4. The van der Waals surface area contributed by atoms with Crippen LogP contribution in [0.3, 0.4) is 0 Å². The zero-order valence-corrected chi connectivity index (χ0v) is 10.7. The van der Waals surface area contributed by atoms with Gasteiger partial charge in [-0.1, -0.05) is 23.7 Å². The Morgan fingerprint density at radius 2 is 2.24 bits per heavy atom. The summed E-state index contributed by atoms with van der Waals surface area (Å²) in [6, 6.07) is 7.61. The van der Waals surface area contributed by atoms with Gasteiger partial charge in [-0.3, -0.25) is 5.84 Å². The fourth-order valence-electron chi connectivity index (χ4n) is 1.81. The molecular formula is C12H16ClN3O. The summed E-state index contributed by atoms with van der Waals surface area (Å²) in [5.41, 5.74) is 3.46. The Morgan fingerprint density at radius 3 is 2.82 bits per heavy atom. The van der Waals surface area contributed by atoms with Gasteiger partial charge in [0.15, 0.2) is 5.58 Å². The number of nitrogens with zero attached hydrogens (tertiary/aromatic N) is 1. The highest BCUT2D eigenvalue weighted by Crippen LogP contribution is 2.29. The van der Waals surface area contributed by atoms with Crippen LogP contribution in [0.15, 0.2) is 28.7 Å². The third kappa shape index (κ3) is 2.61. The zero-order chi connectivity index (χ0) is 12.4. The first-order valence-corrected chi connectivity index (χ1v) is 5.78. The minimum atomic E-state index is -0.0477. The van der Waals surface area contributed by atoms with E-state index in [1.54, 1.807) is 0 Å². The maximum atomic E-state index is 6.07. The molecule has 0 aliphatic rings. The molecule has 0 fully saturated rings. The van der Waals surface area contributed by atoms with Crippen LogP contribution in [0, 0.1) is 0 Å². The number of nitrogens with one attached hydrogen (secondary N) is 1. The molecule has 1 aromatic heterocycles. The highest BCUT2D eigenvalue weighted by molar-refractivity contribution is 6.34. The number of furan rings is 1. The molecule has 2 aromatic rings. The minimum absolute atomic E-state index is 0.0477. The Labute approximate surface area is 105 Å². The number of halogens is 1. The number of likely N-dealkylation sites (N-methyl/N-ethyl adjacent to an activating group) is 1. The number of fused-ring (bicyclic) bond motifs is 1. The SMILES string of the molecule is CN(C)CC(NN)c1cc2cccc(Cl)c2o1. The van der Waals surface area contributed by atoms with Gasteiger partial charge in [-0.15, -0.1) is 0 Å². The molecule has 1 atom stereocenters. The Kier molecular flexibility index (Phi) is 3.69. The van der Waals surface area contributed by atoms with Gasteiger partial charge in [-0.05, 0) is 26.2 Å². The standard InChI is InChI=1S/C12H16ClN3O/c1-16(2)7-10(15-14)11-6-8-4-3-5-9(13)12(8)17-11/h3-6,10,15H,7,14H2,1-2H3. The van der Waals surface area contributed by atoms with E-state index in [9.17, 15) is 0 Å². The van der Waals surface area contributed by atoms with E-state index in [-0.39, 0.29) is 6.04 Å². The topological polar surface area (TPSA) is 54.4 Å². The van der Waals surface area contributed by atoms with E-state index in [1.807, 2.05) is 43.3 Å². The predicted molar refractivity (Wildman–Crippen MR) is 69.8 cm³/mol. The summed E-state index contributed by atoms with van der Waals surface area (Å²) in [5.74, 6) is 6.34. The highest BCUT2D eigenvalue weighted by Gasteiger charge is 2.16. The highest BCUT2D eigenvalue weighted by atomic mass is 35.5. The van der Waals surface area contributed by atoms with Crippen LogP contribution >= 0.6 is 11.6 Å². The summed E-state index contributed by atoms with van der Waals surface area (Å²) in [7, 11) is 3.97. The zero-order valence-electron chi connectivity index (χ0n) is 9.90. The van der Waals surface area contributed by atoms with Crippen LogP contribution in [0.2, 0.25) is 5.02 Å². The third-order valence-electron chi connectivity index (χ3n) is 2.61. The van der Waals surface area contributed by atoms with Crippen LogP contribution in [-0.4, -0.2) is 25.5 Å². The summed E-state index contributed by atoms with van der Waals surface area (Å²) < 4.78 is 5.75. The molecule has 17 heavy (non-hydrogen) atoms. The van der Waals surface area contributed by atoms with E-state index >= 15 is 0 Å². The lowest BCUT2D eigenvalue weighted by atomic mass is 10.2. The quantitative estimate of drug-likeness (QED) is 0.648. The van der Waals surface area contributed by atoms with E-state index in [4.69, 9.17) is 21.9 Å². The molecule has 0 aliphatic carbocycles. The molecule has 2 rings (SSSR count). The van der Waals surface area contributed by atoms with Gasteiger partial charge < -0.3 is 9.32 Å². The molecule has 3 N–H and O–H groups in total. The second kappa shape index (κ2) is 5.06. The van der Waals surface area contributed by atoms with Crippen LogP contribution in [0.1, 0.15) is 11.8 Å². The van der Waals surface area contributed by atoms with Crippen molar-refractivity contribution in [3.8, 4) is 0 Å². The van der Waals surface area contributed by atoms with E-state index in [2.05, 4.69) is 5.43 Å². The maximum Gasteiger partial charge on any atom is 0.152 e. The van der Waals surface area contributed by atoms with E-state index < -0.39 is 0 Å². The van der Waals surface area contributed by atoms with Crippen molar-refractivity contribution in [3.05, 3.63) is 35.0 Å². The van der Waals surface area contributed by atoms with Crippen molar-refractivity contribution in [3.63, 3.8) is 0 Å². The maximum absolute atomic E-state index is 6.07. The molecule has 4 nitrogen and oxygen atoms in total. The number of hydrogen-bond donors (Lipinski definition) is 2. The first kappa shape index (κ1) is 12.4. The molecule has 0 saturated carbocycles. The average Bonchev–Trinajstić information content (AvgIpc) is 2.70. The molecule has 0 radical (unpaired) electrons. The summed E-state index contributed by atoms with van der Waals surface area (Å²) >= 11 is 6.07. The number of nitrogens with two attached hydrogens (primary N) is 1. The van der Waals surface area contributed by atoms with Crippen LogP contribution in [0.4, 0.5) is 0 Å². The van der Waals surface area contributed by atoms with Crippen molar-refractivity contribution in [1.29, 1.82) is 0 Å². The normalized spacial score (nSPS) is 13.5. The third-order valence-corrected chi connectivity index (χ3v) is 2.91. The van der Waals surface area contributed by atoms with Gasteiger partial charge in [0.05, 0.1) is 11.1 Å². The Bertz CT molecular complexity index is 509. The lowest BCUT2D eigenvalue weighted by molar-refractivity contribution is 0.316. The van der Waals surface area contributed by atoms with Gasteiger partial charge in [0.2, 0.25) is 0 Å². The van der Waals surface area contributed by atoms with Crippen molar-refractivity contribution < 1.29 is 4.42 Å². The lowest BCUT2D eigenvalue weighted by Crippen LogP contribution is -2.35. The Morgan fingerprint density at radius 1 is 1.47 bits per heavy atom. The van der Waals surface area contributed by atoms with E-state index in [0.717, 1.165) is 17.7 Å². The minimum Gasteiger partial charge on any atom is -0.458 e. The second-order valence-electron chi connectivity index (χ2n) is 4.29. The first-order chi connectivity index (χ1) is 8.11. The molecule has 1 aromatic carbocycles. The van der Waals surface area contributed by atoms with E-state index in [1.165, 1.54) is 0 Å². The van der Waals surface area contributed by atoms with Gasteiger partial charge in [0.25, 0.3) is 0 Å². The van der Waals surface area contributed by atoms with Crippen molar-refractivity contribution in [2.24, 2.45) is 5.84 Å². The van der Waals surface area contributed by atoms with Crippen molar-refractivity contribution >= 4 is 22.6 Å².